The number of ether oxygens (including phenoxy) is 1. The van der Waals surface area contributed by atoms with E-state index in [9.17, 15) is 4.79 Å². The molecule has 3 nitrogen and oxygen atoms in total. The lowest BCUT2D eigenvalue weighted by atomic mass is 10.1. The van der Waals surface area contributed by atoms with Crippen LogP contribution in [0.15, 0.2) is 53.4 Å². The summed E-state index contributed by atoms with van der Waals surface area (Å²) >= 11 is 6.73. The van der Waals surface area contributed by atoms with E-state index in [1.807, 2.05) is 61.5 Å². The van der Waals surface area contributed by atoms with Gasteiger partial charge in [0, 0.05) is 0 Å². The lowest BCUT2D eigenvalue weighted by Gasteiger charge is -2.14. The third-order valence-electron chi connectivity index (χ3n) is 3.75. The Morgan fingerprint density at radius 3 is 2.42 bits per heavy atom. The van der Waals surface area contributed by atoms with Crippen LogP contribution in [0.2, 0.25) is 0 Å². The van der Waals surface area contributed by atoms with Crippen LogP contribution in [0.25, 0.3) is 6.08 Å². The molecule has 0 spiro atoms. The van der Waals surface area contributed by atoms with Crippen molar-refractivity contribution in [2.24, 2.45) is 0 Å². The molecule has 0 N–H and O–H groups in total. The standard InChI is InChI=1S/C19H17NO2S2/c1-13-3-5-15(6-4-13)12-20-18(21)17(24-19(20)23)11-14-7-9-16(22-2)10-8-14/h3-11H,12H2,1-2H3. The predicted octanol–water partition coefficient (Wildman–Crippen LogP) is 4.41. The summed E-state index contributed by atoms with van der Waals surface area (Å²) in [7, 11) is 1.63. The fourth-order valence-corrected chi connectivity index (χ4v) is 3.62. The Bertz CT molecular complexity index is 795. The third kappa shape index (κ3) is 3.68. The molecule has 1 aliphatic rings. The van der Waals surface area contributed by atoms with Crippen LogP contribution in [0, 0.1) is 6.92 Å². The first-order valence-electron chi connectivity index (χ1n) is 7.52. The van der Waals surface area contributed by atoms with Gasteiger partial charge < -0.3 is 4.74 Å². The summed E-state index contributed by atoms with van der Waals surface area (Å²) in [5.41, 5.74) is 3.22. The van der Waals surface area contributed by atoms with Gasteiger partial charge in [-0.15, -0.1) is 0 Å². The largest absolute Gasteiger partial charge is 0.497 e. The summed E-state index contributed by atoms with van der Waals surface area (Å²) in [6.45, 7) is 2.55. The number of benzene rings is 2. The van der Waals surface area contributed by atoms with Crippen LogP contribution in [0.3, 0.4) is 0 Å². The number of carbonyl (C=O) groups is 1. The zero-order valence-corrected chi connectivity index (χ0v) is 15.1. The summed E-state index contributed by atoms with van der Waals surface area (Å²) in [5, 5.41) is 0. The Morgan fingerprint density at radius 1 is 1.12 bits per heavy atom. The number of aryl methyl sites for hydroxylation is 1. The highest BCUT2D eigenvalue weighted by molar-refractivity contribution is 8.26. The van der Waals surface area contributed by atoms with Gasteiger partial charge in [0.1, 0.15) is 10.1 Å². The minimum absolute atomic E-state index is 0.0404. The van der Waals surface area contributed by atoms with Crippen molar-refractivity contribution in [2.45, 2.75) is 13.5 Å². The minimum Gasteiger partial charge on any atom is -0.497 e. The van der Waals surface area contributed by atoms with E-state index in [-0.39, 0.29) is 5.91 Å². The maximum Gasteiger partial charge on any atom is 0.266 e. The van der Waals surface area contributed by atoms with Gasteiger partial charge in [0.2, 0.25) is 0 Å². The molecular weight excluding hydrogens is 338 g/mol. The van der Waals surface area contributed by atoms with E-state index in [0.717, 1.165) is 16.9 Å². The number of carbonyl (C=O) groups excluding carboxylic acids is 1. The van der Waals surface area contributed by atoms with Crippen LogP contribution in [0.1, 0.15) is 16.7 Å². The van der Waals surface area contributed by atoms with Crippen LogP contribution in [0.5, 0.6) is 5.75 Å². The fraction of sp³-hybridized carbons (Fsp3) is 0.158. The second kappa shape index (κ2) is 7.20. The minimum atomic E-state index is -0.0404. The highest BCUT2D eigenvalue weighted by Crippen LogP contribution is 2.33. The van der Waals surface area contributed by atoms with Gasteiger partial charge in [0.05, 0.1) is 18.6 Å². The number of nitrogens with zero attached hydrogens (tertiary/aromatic N) is 1. The molecule has 0 bridgehead atoms. The van der Waals surface area contributed by atoms with Crippen molar-refractivity contribution in [1.29, 1.82) is 0 Å². The van der Waals surface area contributed by atoms with Crippen molar-refractivity contribution in [3.8, 4) is 5.75 Å². The van der Waals surface area contributed by atoms with Gasteiger partial charge in [-0.05, 0) is 36.3 Å². The Kier molecular flexibility index (Phi) is 5.02. The number of thiocarbonyl (C=S) groups is 1. The Morgan fingerprint density at radius 2 is 1.79 bits per heavy atom. The average molecular weight is 355 g/mol. The van der Waals surface area contributed by atoms with Crippen LogP contribution >= 0.6 is 24.0 Å². The number of thioether (sulfide) groups is 1. The molecule has 1 saturated heterocycles. The van der Waals surface area contributed by atoms with Gasteiger partial charge in [-0.2, -0.15) is 0 Å². The van der Waals surface area contributed by atoms with E-state index in [4.69, 9.17) is 17.0 Å². The summed E-state index contributed by atoms with van der Waals surface area (Å²) in [4.78, 5) is 14.9. The van der Waals surface area contributed by atoms with Crippen molar-refractivity contribution in [3.05, 3.63) is 70.1 Å². The summed E-state index contributed by atoms with van der Waals surface area (Å²) in [6, 6.07) is 15.7. The molecule has 122 valence electrons. The smallest absolute Gasteiger partial charge is 0.266 e. The lowest BCUT2D eigenvalue weighted by molar-refractivity contribution is -0.122. The maximum absolute atomic E-state index is 12.6. The highest BCUT2D eigenvalue weighted by atomic mass is 32.2. The quantitative estimate of drug-likeness (QED) is 0.600. The number of amides is 1. The van der Waals surface area contributed by atoms with Crippen molar-refractivity contribution >= 4 is 40.3 Å². The van der Waals surface area contributed by atoms with E-state index in [1.165, 1.54) is 17.3 Å². The second-order valence-corrected chi connectivity index (χ2v) is 7.20. The topological polar surface area (TPSA) is 29.5 Å². The van der Waals surface area contributed by atoms with Gasteiger partial charge in [0.15, 0.2) is 0 Å². The number of hydrogen-bond donors (Lipinski definition) is 0. The van der Waals surface area contributed by atoms with E-state index in [0.29, 0.717) is 15.8 Å². The van der Waals surface area contributed by atoms with Crippen LogP contribution < -0.4 is 4.74 Å². The normalized spacial score (nSPS) is 16.1. The molecule has 1 fully saturated rings. The van der Waals surface area contributed by atoms with Gasteiger partial charge in [-0.3, -0.25) is 9.69 Å². The molecule has 0 atom stereocenters. The molecular formula is C19H17NO2S2. The Labute approximate surface area is 151 Å². The molecule has 0 aromatic heterocycles. The summed E-state index contributed by atoms with van der Waals surface area (Å²) < 4.78 is 5.74. The zero-order valence-electron chi connectivity index (χ0n) is 13.5. The van der Waals surface area contributed by atoms with E-state index < -0.39 is 0 Å². The van der Waals surface area contributed by atoms with Crippen molar-refractivity contribution in [1.82, 2.24) is 4.90 Å². The Balaban J connectivity index is 1.77. The van der Waals surface area contributed by atoms with Crippen molar-refractivity contribution in [3.63, 3.8) is 0 Å². The van der Waals surface area contributed by atoms with Gasteiger partial charge in [-0.25, -0.2) is 0 Å². The molecule has 5 heteroatoms. The van der Waals surface area contributed by atoms with Crippen LogP contribution in [0.4, 0.5) is 0 Å². The molecule has 1 amide bonds. The SMILES string of the molecule is COc1ccc(C=C2SC(=S)N(Cc3ccc(C)cc3)C2=O)cc1. The summed E-state index contributed by atoms with van der Waals surface area (Å²) in [5.74, 6) is 0.750. The first kappa shape index (κ1) is 16.7. The molecule has 24 heavy (non-hydrogen) atoms. The van der Waals surface area contributed by atoms with Gasteiger partial charge in [0.25, 0.3) is 5.91 Å². The van der Waals surface area contributed by atoms with Crippen molar-refractivity contribution in [2.75, 3.05) is 7.11 Å². The molecule has 0 unspecified atom stereocenters. The first-order valence-corrected chi connectivity index (χ1v) is 8.74. The first-order chi connectivity index (χ1) is 11.6. The molecule has 0 radical (unpaired) electrons. The van der Waals surface area contributed by atoms with Gasteiger partial charge >= 0.3 is 0 Å². The predicted molar refractivity (Wildman–Crippen MR) is 103 cm³/mol. The second-order valence-electron chi connectivity index (χ2n) is 5.53. The molecule has 2 aromatic rings. The molecule has 0 saturated carbocycles. The molecule has 0 aliphatic carbocycles. The average Bonchev–Trinajstić information content (AvgIpc) is 2.85. The monoisotopic (exact) mass is 355 g/mol. The third-order valence-corrected chi connectivity index (χ3v) is 5.13. The van der Waals surface area contributed by atoms with E-state index in [1.54, 1.807) is 12.0 Å². The highest BCUT2D eigenvalue weighted by Gasteiger charge is 2.31. The number of hydrogen-bond acceptors (Lipinski definition) is 4. The van der Waals surface area contributed by atoms with E-state index >= 15 is 0 Å². The summed E-state index contributed by atoms with van der Waals surface area (Å²) in [6.07, 6.45) is 1.87. The van der Waals surface area contributed by atoms with Crippen molar-refractivity contribution < 1.29 is 9.53 Å². The fourth-order valence-electron chi connectivity index (χ4n) is 2.36. The number of methoxy groups -OCH3 is 1. The molecule has 1 aliphatic heterocycles. The number of rotatable bonds is 4. The van der Waals surface area contributed by atoms with Gasteiger partial charge in [-0.1, -0.05) is 65.9 Å². The zero-order chi connectivity index (χ0) is 17.1. The van der Waals surface area contributed by atoms with E-state index in [2.05, 4.69) is 0 Å². The Hall–Kier alpha value is -2.11. The molecule has 2 aromatic carbocycles. The lowest BCUT2D eigenvalue weighted by Crippen LogP contribution is -2.27. The molecule has 1 heterocycles. The van der Waals surface area contributed by atoms with Crippen LogP contribution in [-0.2, 0) is 11.3 Å². The maximum atomic E-state index is 12.6. The van der Waals surface area contributed by atoms with Crippen LogP contribution in [-0.4, -0.2) is 22.2 Å². The molecule has 3 rings (SSSR count).